The van der Waals surface area contributed by atoms with E-state index in [0.29, 0.717) is 30.4 Å². The molecule has 0 bridgehead atoms. The Kier molecular flexibility index (Phi) is 9.79. The van der Waals surface area contributed by atoms with Crippen molar-refractivity contribution < 1.29 is 14.3 Å². The van der Waals surface area contributed by atoms with Crippen LogP contribution in [0.1, 0.15) is 67.2 Å². The van der Waals surface area contributed by atoms with E-state index in [1.54, 1.807) is 19.2 Å². The van der Waals surface area contributed by atoms with Crippen LogP contribution in [0.3, 0.4) is 0 Å². The molecule has 0 spiro atoms. The van der Waals surface area contributed by atoms with Crippen LogP contribution in [0.15, 0.2) is 72.8 Å². The van der Waals surface area contributed by atoms with Crippen molar-refractivity contribution in [2.75, 3.05) is 20.3 Å². The minimum atomic E-state index is -0.0658. The Bertz CT molecular complexity index is 1330. The number of para-hydroxylation sites is 3. The van der Waals surface area contributed by atoms with Gasteiger partial charge in [0.05, 0.1) is 24.8 Å². The van der Waals surface area contributed by atoms with Crippen LogP contribution in [0.25, 0.3) is 11.0 Å². The fourth-order valence-electron chi connectivity index (χ4n) is 4.71. The van der Waals surface area contributed by atoms with Gasteiger partial charge in [-0.05, 0) is 67.1 Å². The number of nitrogens with one attached hydrogen (secondary N) is 1. The van der Waals surface area contributed by atoms with E-state index in [2.05, 4.69) is 60.1 Å². The third-order valence-corrected chi connectivity index (χ3v) is 6.75. The van der Waals surface area contributed by atoms with Crippen LogP contribution < -0.4 is 14.8 Å². The van der Waals surface area contributed by atoms with Gasteiger partial charge in [0.25, 0.3) is 5.91 Å². The number of benzene rings is 3. The average molecular weight is 514 g/mol. The second-order valence-electron chi connectivity index (χ2n) is 9.86. The summed E-state index contributed by atoms with van der Waals surface area (Å²) in [5, 5.41) is 3.01. The Hall–Kier alpha value is -3.80. The SMILES string of the molecule is COc1cccc(C(=O)NCCCCCc2nc3ccccc3n2CCCOc2ccccc2C(C)C)c1. The van der Waals surface area contributed by atoms with Crippen LogP contribution >= 0.6 is 0 Å². The first-order valence-corrected chi connectivity index (χ1v) is 13.6. The highest BCUT2D eigenvalue weighted by molar-refractivity contribution is 5.94. The molecular weight excluding hydrogens is 474 g/mol. The molecule has 0 saturated heterocycles. The zero-order chi connectivity index (χ0) is 26.7. The first kappa shape index (κ1) is 27.2. The number of rotatable bonds is 14. The van der Waals surface area contributed by atoms with E-state index in [0.717, 1.165) is 55.7 Å². The molecule has 3 aromatic carbocycles. The Labute approximate surface area is 226 Å². The number of carbonyl (C=O) groups excluding carboxylic acids is 1. The lowest BCUT2D eigenvalue weighted by molar-refractivity contribution is 0.0952. The lowest BCUT2D eigenvalue weighted by Gasteiger charge is -2.14. The van der Waals surface area contributed by atoms with Gasteiger partial charge in [-0.2, -0.15) is 0 Å². The lowest BCUT2D eigenvalue weighted by Crippen LogP contribution is -2.24. The van der Waals surface area contributed by atoms with Crippen LogP contribution in [-0.2, 0) is 13.0 Å². The summed E-state index contributed by atoms with van der Waals surface area (Å²) in [5.74, 6) is 3.16. The Morgan fingerprint density at radius 2 is 1.76 bits per heavy atom. The minimum absolute atomic E-state index is 0.0658. The first-order chi connectivity index (χ1) is 18.6. The zero-order valence-corrected chi connectivity index (χ0v) is 22.8. The van der Waals surface area contributed by atoms with Crippen LogP contribution in [0.5, 0.6) is 11.5 Å². The fourth-order valence-corrected chi connectivity index (χ4v) is 4.71. The van der Waals surface area contributed by atoms with Gasteiger partial charge >= 0.3 is 0 Å². The average Bonchev–Trinajstić information content (AvgIpc) is 3.30. The summed E-state index contributed by atoms with van der Waals surface area (Å²) in [4.78, 5) is 17.3. The number of unbranched alkanes of at least 4 members (excludes halogenated alkanes) is 2. The number of amides is 1. The van der Waals surface area contributed by atoms with Gasteiger partial charge in [-0.1, -0.05) is 56.7 Å². The van der Waals surface area contributed by atoms with E-state index in [9.17, 15) is 4.79 Å². The molecule has 0 unspecified atom stereocenters. The molecule has 6 nitrogen and oxygen atoms in total. The summed E-state index contributed by atoms with van der Waals surface area (Å²) in [6.45, 7) is 6.59. The number of imidazole rings is 1. The topological polar surface area (TPSA) is 65.4 Å². The maximum absolute atomic E-state index is 12.4. The van der Waals surface area contributed by atoms with E-state index in [4.69, 9.17) is 14.5 Å². The van der Waals surface area contributed by atoms with E-state index in [-0.39, 0.29) is 5.91 Å². The second kappa shape index (κ2) is 13.7. The number of carbonyl (C=O) groups is 1. The number of nitrogens with zero attached hydrogens (tertiary/aromatic N) is 2. The zero-order valence-electron chi connectivity index (χ0n) is 22.8. The number of aryl methyl sites for hydroxylation is 2. The van der Waals surface area contributed by atoms with Crippen molar-refractivity contribution >= 4 is 16.9 Å². The monoisotopic (exact) mass is 513 g/mol. The molecule has 1 N–H and O–H groups in total. The molecule has 1 amide bonds. The number of ether oxygens (including phenoxy) is 2. The van der Waals surface area contributed by atoms with E-state index >= 15 is 0 Å². The predicted molar refractivity (Wildman–Crippen MR) is 153 cm³/mol. The van der Waals surface area contributed by atoms with Gasteiger partial charge in [-0.25, -0.2) is 4.98 Å². The van der Waals surface area contributed by atoms with Gasteiger partial charge in [-0.3, -0.25) is 4.79 Å². The molecule has 38 heavy (non-hydrogen) atoms. The van der Waals surface area contributed by atoms with Crippen molar-refractivity contribution in [1.82, 2.24) is 14.9 Å². The van der Waals surface area contributed by atoms with Crippen molar-refractivity contribution in [1.29, 1.82) is 0 Å². The summed E-state index contributed by atoms with van der Waals surface area (Å²) in [6.07, 6.45) is 4.80. The summed E-state index contributed by atoms with van der Waals surface area (Å²) < 4.78 is 13.7. The smallest absolute Gasteiger partial charge is 0.251 e. The Morgan fingerprint density at radius 1 is 0.947 bits per heavy atom. The molecule has 6 heteroatoms. The van der Waals surface area contributed by atoms with Gasteiger partial charge in [0.15, 0.2) is 0 Å². The van der Waals surface area contributed by atoms with E-state index in [1.807, 2.05) is 24.3 Å². The number of aromatic nitrogens is 2. The minimum Gasteiger partial charge on any atom is -0.497 e. The molecule has 0 saturated carbocycles. The first-order valence-electron chi connectivity index (χ1n) is 13.6. The third-order valence-electron chi connectivity index (χ3n) is 6.75. The number of hydrogen-bond acceptors (Lipinski definition) is 4. The largest absolute Gasteiger partial charge is 0.497 e. The van der Waals surface area contributed by atoms with Crippen molar-refractivity contribution in [3.8, 4) is 11.5 Å². The van der Waals surface area contributed by atoms with Gasteiger partial charge in [0.2, 0.25) is 0 Å². The normalized spacial score (nSPS) is 11.2. The fraction of sp³-hybridized carbons (Fsp3) is 0.375. The van der Waals surface area contributed by atoms with E-state index < -0.39 is 0 Å². The maximum Gasteiger partial charge on any atom is 0.251 e. The highest BCUT2D eigenvalue weighted by Gasteiger charge is 2.12. The van der Waals surface area contributed by atoms with Crippen LogP contribution in [0, 0.1) is 0 Å². The number of hydrogen-bond donors (Lipinski definition) is 1. The molecular formula is C32H39N3O3. The van der Waals surface area contributed by atoms with Gasteiger partial charge in [-0.15, -0.1) is 0 Å². The van der Waals surface area contributed by atoms with E-state index in [1.165, 1.54) is 11.1 Å². The van der Waals surface area contributed by atoms with Crippen LogP contribution in [0.2, 0.25) is 0 Å². The van der Waals surface area contributed by atoms with Crippen molar-refractivity contribution in [2.24, 2.45) is 0 Å². The molecule has 4 rings (SSSR count). The summed E-state index contributed by atoms with van der Waals surface area (Å²) in [6, 6.07) is 23.9. The van der Waals surface area contributed by atoms with Crippen molar-refractivity contribution in [3.05, 3.63) is 89.7 Å². The molecule has 0 aliphatic rings. The van der Waals surface area contributed by atoms with Gasteiger partial charge < -0.3 is 19.4 Å². The summed E-state index contributed by atoms with van der Waals surface area (Å²) >= 11 is 0. The van der Waals surface area contributed by atoms with Gasteiger partial charge in [0.1, 0.15) is 17.3 Å². The van der Waals surface area contributed by atoms with Crippen LogP contribution in [0.4, 0.5) is 0 Å². The van der Waals surface area contributed by atoms with Crippen LogP contribution in [-0.4, -0.2) is 35.7 Å². The molecule has 4 aromatic rings. The second-order valence-corrected chi connectivity index (χ2v) is 9.86. The maximum atomic E-state index is 12.4. The number of methoxy groups -OCH3 is 1. The number of fused-ring (bicyclic) bond motifs is 1. The molecule has 0 fully saturated rings. The third kappa shape index (κ3) is 7.15. The van der Waals surface area contributed by atoms with Crippen molar-refractivity contribution in [2.45, 2.75) is 58.4 Å². The molecule has 0 atom stereocenters. The lowest BCUT2D eigenvalue weighted by atomic mass is 10.0. The quantitative estimate of drug-likeness (QED) is 0.189. The highest BCUT2D eigenvalue weighted by Crippen LogP contribution is 2.26. The Morgan fingerprint density at radius 3 is 2.61 bits per heavy atom. The summed E-state index contributed by atoms with van der Waals surface area (Å²) in [5.41, 5.74) is 4.09. The molecule has 0 radical (unpaired) electrons. The van der Waals surface area contributed by atoms with Gasteiger partial charge in [0, 0.05) is 25.1 Å². The molecule has 1 heterocycles. The summed E-state index contributed by atoms with van der Waals surface area (Å²) in [7, 11) is 1.60. The Balaban J connectivity index is 1.26. The molecule has 200 valence electrons. The molecule has 0 aliphatic heterocycles. The highest BCUT2D eigenvalue weighted by atomic mass is 16.5. The molecule has 0 aliphatic carbocycles. The standard InChI is InChI=1S/C32H39N3O3/c1-24(2)27-15-6-9-18-30(27)38-22-12-21-35-29-17-8-7-16-28(29)34-31(35)19-5-4-10-20-33-32(36)25-13-11-14-26(23-25)37-3/h6-9,11,13-18,23-24H,4-5,10,12,19-22H2,1-3H3,(H,33,36). The predicted octanol–water partition coefficient (Wildman–Crippen LogP) is 6.78. The molecule has 1 aromatic heterocycles. The van der Waals surface area contributed by atoms with Crippen molar-refractivity contribution in [3.63, 3.8) is 0 Å².